The molecule has 2 heterocycles. The van der Waals surface area contributed by atoms with E-state index in [1.165, 1.54) is 0 Å². The van der Waals surface area contributed by atoms with E-state index in [1.807, 2.05) is 36.4 Å². The third-order valence-electron chi connectivity index (χ3n) is 5.48. The average Bonchev–Trinajstić information content (AvgIpc) is 3.04. The number of fused-ring (bicyclic) bond motifs is 1. The Kier molecular flexibility index (Phi) is 5.31. The second-order valence-corrected chi connectivity index (χ2v) is 7.44. The standard InChI is InChI=1S/C22H24N4O3/c23-10-11-25(17-4-2-1-3-5-17)13-15-6-7-18-16(12-15)14-26(22(18)29)19-8-9-20(27)24-21(19)28/h1-7,12,19H,8-11,13-14,23H2,(H,24,27,28). The Balaban J connectivity index is 1.52. The number of piperidine rings is 1. The molecular weight excluding hydrogens is 368 g/mol. The van der Waals surface area contributed by atoms with Crippen molar-refractivity contribution < 1.29 is 14.4 Å². The molecule has 150 valence electrons. The van der Waals surface area contributed by atoms with E-state index in [0.717, 1.165) is 23.4 Å². The van der Waals surface area contributed by atoms with E-state index in [-0.39, 0.29) is 24.1 Å². The normalized spacial score (nSPS) is 18.6. The van der Waals surface area contributed by atoms with Gasteiger partial charge in [-0.2, -0.15) is 0 Å². The lowest BCUT2D eigenvalue weighted by Crippen LogP contribution is -2.52. The number of hydrogen-bond donors (Lipinski definition) is 2. The number of rotatable bonds is 6. The maximum Gasteiger partial charge on any atom is 0.255 e. The first-order valence-corrected chi connectivity index (χ1v) is 9.83. The van der Waals surface area contributed by atoms with Gasteiger partial charge in [0.2, 0.25) is 11.8 Å². The van der Waals surface area contributed by atoms with Crippen LogP contribution in [-0.2, 0) is 22.7 Å². The Morgan fingerprint density at radius 3 is 2.62 bits per heavy atom. The van der Waals surface area contributed by atoms with Crippen molar-refractivity contribution in [2.75, 3.05) is 18.0 Å². The third kappa shape index (κ3) is 3.86. The molecule has 2 aliphatic rings. The Morgan fingerprint density at radius 1 is 1.10 bits per heavy atom. The largest absolute Gasteiger partial charge is 0.366 e. The van der Waals surface area contributed by atoms with Crippen molar-refractivity contribution in [1.82, 2.24) is 10.2 Å². The summed E-state index contributed by atoms with van der Waals surface area (Å²) in [4.78, 5) is 40.2. The summed E-state index contributed by atoms with van der Waals surface area (Å²) in [6.45, 7) is 2.33. The smallest absolute Gasteiger partial charge is 0.255 e. The fourth-order valence-electron chi connectivity index (χ4n) is 4.04. The molecule has 2 aromatic rings. The van der Waals surface area contributed by atoms with E-state index < -0.39 is 6.04 Å². The van der Waals surface area contributed by atoms with Crippen molar-refractivity contribution >= 4 is 23.4 Å². The van der Waals surface area contributed by atoms with Crippen LogP contribution in [0.4, 0.5) is 5.69 Å². The van der Waals surface area contributed by atoms with Crippen LogP contribution in [0, 0.1) is 0 Å². The van der Waals surface area contributed by atoms with Crippen LogP contribution in [0.15, 0.2) is 48.5 Å². The first-order valence-electron chi connectivity index (χ1n) is 9.83. The summed E-state index contributed by atoms with van der Waals surface area (Å²) in [5.74, 6) is -0.817. The number of nitrogens with zero attached hydrogens (tertiary/aromatic N) is 2. The first kappa shape index (κ1) is 19.1. The zero-order valence-corrected chi connectivity index (χ0v) is 16.1. The zero-order valence-electron chi connectivity index (χ0n) is 16.1. The lowest BCUT2D eigenvalue weighted by atomic mass is 10.0. The maximum atomic E-state index is 12.8. The summed E-state index contributed by atoms with van der Waals surface area (Å²) in [5, 5.41) is 2.33. The first-order chi connectivity index (χ1) is 14.1. The molecule has 0 spiro atoms. The second-order valence-electron chi connectivity index (χ2n) is 7.44. The molecule has 1 unspecified atom stereocenters. The monoisotopic (exact) mass is 392 g/mol. The molecule has 0 radical (unpaired) electrons. The molecule has 7 heteroatoms. The topological polar surface area (TPSA) is 95.7 Å². The molecule has 0 bridgehead atoms. The molecule has 0 aromatic heterocycles. The van der Waals surface area contributed by atoms with Gasteiger partial charge in [-0.3, -0.25) is 19.7 Å². The number of carbonyl (C=O) groups excluding carboxylic acids is 3. The summed E-state index contributed by atoms with van der Waals surface area (Å²) in [6, 6.07) is 15.3. The minimum Gasteiger partial charge on any atom is -0.366 e. The van der Waals surface area contributed by atoms with Crippen molar-refractivity contribution in [1.29, 1.82) is 0 Å². The van der Waals surface area contributed by atoms with E-state index >= 15 is 0 Å². The van der Waals surface area contributed by atoms with Gasteiger partial charge in [-0.15, -0.1) is 0 Å². The van der Waals surface area contributed by atoms with E-state index in [9.17, 15) is 14.4 Å². The van der Waals surface area contributed by atoms with Crippen LogP contribution in [0.3, 0.4) is 0 Å². The second kappa shape index (κ2) is 8.05. The molecule has 2 aliphatic heterocycles. The Labute approximate surface area is 169 Å². The average molecular weight is 392 g/mol. The van der Waals surface area contributed by atoms with Crippen LogP contribution >= 0.6 is 0 Å². The number of amides is 3. The summed E-state index contributed by atoms with van der Waals surface area (Å²) in [7, 11) is 0. The summed E-state index contributed by atoms with van der Waals surface area (Å²) in [5.41, 5.74) is 9.52. The minimum absolute atomic E-state index is 0.150. The molecule has 3 amide bonds. The van der Waals surface area contributed by atoms with Gasteiger partial charge in [-0.1, -0.05) is 30.3 Å². The molecule has 1 saturated heterocycles. The van der Waals surface area contributed by atoms with E-state index in [2.05, 4.69) is 22.3 Å². The van der Waals surface area contributed by atoms with Gasteiger partial charge in [-0.25, -0.2) is 0 Å². The molecule has 4 rings (SSSR count). The number of para-hydroxylation sites is 1. The number of hydrogen-bond acceptors (Lipinski definition) is 5. The van der Waals surface area contributed by atoms with Crippen molar-refractivity contribution in [3.05, 3.63) is 65.2 Å². The van der Waals surface area contributed by atoms with Gasteiger partial charge in [0.1, 0.15) is 6.04 Å². The molecule has 3 N–H and O–H groups in total. The van der Waals surface area contributed by atoms with Crippen LogP contribution in [-0.4, -0.2) is 41.8 Å². The van der Waals surface area contributed by atoms with Gasteiger partial charge in [-0.05, 0) is 35.7 Å². The highest BCUT2D eigenvalue weighted by Gasteiger charge is 2.39. The van der Waals surface area contributed by atoms with Crippen molar-refractivity contribution in [2.24, 2.45) is 5.73 Å². The van der Waals surface area contributed by atoms with Gasteiger partial charge in [0, 0.05) is 43.9 Å². The molecule has 29 heavy (non-hydrogen) atoms. The van der Waals surface area contributed by atoms with Crippen LogP contribution < -0.4 is 16.0 Å². The lowest BCUT2D eigenvalue weighted by Gasteiger charge is -2.29. The highest BCUT2D eigenvalue weighted by molar-refractivity contribution is 6.05. The van der Waals surface area contributed by atoms with Crippen molar-refractivity contribution in [3.63, 3.8) is 0 Å². The Hall–Kier alpha value is -3.19. The molecular formula is C22H24N4O3. The molecule has 7 nitrogen and oxygen atoms in total. The SMILES string of the molecule is NCCN(Cc1ccc2c(c1)CN(C1CCC(=O)NC1=O)C2=O)c1ccccc1. The predicted molar refractivity (Wildman–Crippen MR) is 109 cm³/mol. The highest BCUT2D eigenvalue weighted by Crippen LogP contribution is 2.29. The van der Waals surface area contributed by atoms with E-state index in [0.29, 0.717) is 31.6 Å². The third-order valence-corrected chi connectivity index (χ3v) is 5.48. The van der Waals surface area contributed by atoms with Gasteiger partial charge < -0.3 is 15.5 Å². The fourth-order valence-corrected chi connectivity index (χ4v) is 4.04. The van der Waals surface area contributed by atoms with Crippen LogP contribution in [0.5, 0.6) is 0 Å². The number of imide groups is 1. The molecule has 2 aromatic carbocycles. The van der Waals surface area contributed by atoms with Gasteiger partial charge in [0.15, 0.2) is 0 Å². The zero-order chi connectivity index (χ0) is 20.4. The van der Waals surface area contributed by atoms with Crippen molar-refractivity contribution in [2.45, 2.75) is 32.0 Å². The number of carbonyl (C=O) groups is 3. The van der Waals surface area contributed by atoms with E-state index in [4.69, 9.17) is 5.73 Å². The van der Waals surface area contributed by atoms with Gasteiger partial charge in [0.05, 0.1) is 0 Å². The Bertz CT molecular complexity index is 944. The predicted octanol–water partition coefficient (Wildman–Crippen LogP) is 1.41. The van der Waals surface area contributed by atoms with Gasteiger partial charge in [0.25, 0.3) is 5.91 Å². The molecule has 0 saturated carbocycles. The Morgan fingerprint density at radius 2 is 1.90 bits per heavy atom. The summed E-state index contributed by atoms with van der Waals surface area (Å²) >= 11 is 0. The quantitative estimate of drug-likeness (QED) is 0.725. The van der Waals surface area contributed by atoms with E-state index in [1.54, 1.807) is 4.90 Å². The van der Waals surface area contributed by atoms with Crippen LogP contribution in [0.1, 0.15) is 34.3 Å². The number of benzene rings is 2. The van der Waals surface area contributed by atoms with Crippen LogP contribution in [0.2, 0.25) is 0 Å². The van der Waals surface area contributed by atoms with Crippen LogP contribution in [0.25, 0.3) is 0 Å². The molecule has 0 aliphatic carbocycles. The number of anilines is 1. The maximum absolute atomic E-state index is 12.8. The number of nitrogens with one attached hydrogen (secondary N) is 1. The molecule has 1 fully saturated rings. The van der Waals surface area contributed by atoms with Gasteiger partial charge >= 0.3 is 0 Å². The summed E-state index contributed by atoms with van der Waals surface area (Å²) < 4.78 is 0. The minimum atomic E-state index is -0.589. The lowest BCUT2D eigenvalue weighted by molar-refractivity contribution is -0.136. The highest BCUT2D eigenvalue weighted by atomic mass is 16.2. The fraction of sp³-hybridized carbons (Fsp3) is 0.318. The molecule has 1 atom stereocenters. The van der Waals surface area contributed by atoms with Crippen molar-refractivity contribution in [3.8, 4) is 0 Å². The number of nitrogens with two attached hydrogens (primary N) is 1. The summed E-state index contributed by atoms with van der Waals surface area (Å²) in [6.07, 6.45) is 0.627.